The largest absolute Gasteiger partial charge is 0.508 e. The van der Waals surface area contributed by atoms with E-state index in [1.807, 2.05) is 12.1 Å². The molecular weight excluding hydrogens is 472 g/mol. The highest BCUT2D eigenvalue weighted by atomic mass is 16.4. The van der Waals surface area contributed by atoms with Gasteiger partial charge < -0.3 is 15.1 Å². The van der Waals surface area contributed by atoms with Crippen LogP contribution in [-0.4, -0.2) is 53.8 Å². The van der Waals surface area contributed by atoms with Crippen molar-refractivity contribution >= 4 is 22.8 Å². The lowest BCUT2D eigenvalue weighted by Crippen LogP contribution is -2.42. The van der Waals surface area contributed by atoms with Crippen LogP contribution < -0.4 is 4.90 Å². The van der Waals surface area contributed by atoms with Gasteiger partial charge >= 0.3 is 5.97 Å². The van der Waals surface area contributed by atoms with Gasteiger partial charge in [0.1, 0.15) is 5.75 Å². The first-order valence-corrected chi connectivity index (χ1v) is 13.9. The Labute approximate surface area is 225 Å². The van der Waals surface area contributed by atoms with Crippen molar-refractivity contribution in [1.82, 2.24) is 4.90 Å². The Balaban J connectivity index is 1.26. The summed E-state index contributed by atoms with van der Waals surface area (Å²) in [5.74, 6) is -0.393. The summed E-state index contributed by atoms with van der Waals surface area (Å²) in [5.41, 5.74) is 9.09. The molecule has 0 bridgehead atoms. The number of allylic oxidation sites excluding steroid dienone is 1. The van der Waals surface area contributed by atoms with E-state index < -0.39 is 5.97 Å². The zero-order chi connectivity index (χ0) is 26.1. The molecule has 2 heterocycles. The number of nitrogens with zero attached hydrogens (tertiary/aromatic N) is 2. The van der Waals surface area contributed by atoms with Crippen LogP contribution in [0.3, 0.4) is 0 Å². The smallest absolute Gasteiger partial charge is 0.317 e. The van der Waals surface area contributed by atoms with Gasteiger partial charge in [-0.05, 0) is 108 Å². The van der Waals surface area contributed by atoms with Crippen molar-refractivity contribution in [3.05, 3.63) is 95.1 Å². The summed E-state index contributed by atoms with van der Waals surface area (Å²) in [4.78, 5) is 15.7. The van der Waals surface area contributed by atoms with Crippen LogP contribution >= 0.6 is 0 Å². The number of fused-ring (bicyclic) bond motifs is 1. The summed E-state index contributed by atoms with van der Waals surface area (Å²) < 4.78 is 0. The van der Waals surface area contributed by atoms with Gasteiger partial charge in [0.25, 0.3) is 0 Å². The molecule has 2 N–H and O–H groups in total. The monoisotopic (exact) mass is 508 g/mol. The molecule has 5 nitrogen and oxygen atoms in total. The molecule has 196 valence electrons. The molecule has 2 saturated heterocycles. The maximum atomic E-state index is 11.1. The molecule has 0 unspecified atom stereocenters. The standard InChI is InChI=1S/C33H36N2O3/c36-28-13-14-30-26(21-28)7-4-8-29(24-5-2-1-3-6-24)32(30)25-9-11-27(12-10-25)35-19-16-33(17-20-35)15-18-34(23-33)22-31(37)38/h1-3,5-6,9-14,21,36H,4,7-8,15-20,22-23H2,(H,37,38). The third-order valence-electron chi connectivity index (χ3n) is 8.88. The number of benzene rings is 3. The number of hydrogen-bond donors (Lipinski definition) is 2. The number of phenolic OH excluding ortho intramolecular Hbond substituents is 1. The van der Waals surface area contributed by atoms with Gasteiger partial charge in [0, 0.05) is 25.3 Å². The lowest BCUT2D eigenvalue weighted by atomic mass is 9.77. The first-order valence-electron chi connectivity index (χ1n) is 13.9. The second kappa shape index (κ2) is 10.3. The Hall–Kier alpha value is -3.57. The summed E-state index contributed by atoms with van der Waals surface area (Å²) in [6, 6.07) is 25.6. The van der Waals surface area contributed by atoms with Gasteiger partial charge in [-0.1, -0.05) is 48.5 Å². The summed E-state index contributed by atoms with van der Waals surface area (Å²) >= 11 is 0. The highest BCUT2D eigenvalue weighted by molar-refractivity contribution is 6.00. The van der Waals surface area contributed by atoms with Gasteiger partial charge in [-0.3, -0.25) is 9.69 Å². The summed E-state index contributed by atoms with van der Waals surface area (Å²) in [5, 5.41) is 19.3. The third kappa shape index (κ3) is 4.95. The second-order valence-electron chi connectivity index (χ2n) is 11.3. The molecular formula is C33H36N2O3. The van der Waals surface area contributed by atoms with Crippen LogP contribution in [0.2, 0.25) is 0 Å². The number of anilines is 1. The molecule has 0 amide bonds. The zero-order valence-corrected chi connectivity index (χ0v) is 21.9. The number of likely N-dealkylation sites (tertiary alicyclic amines) is 1. The van der Waals surface area contributed by atoms with Gasteiger partial charge in [-0.15, -0.1) is 0 Å². The van der Waals surface area contributed by atoms with Crippen molar-refractivity contribution in [3.63, 3.8) is 0 Å². The zero-order valence-electron chi connectivity index (χ0n) is 21.9. The van der Waals surface area contributed by atoms with Crippen LogP contribution in [0, 0.1) is 5.41 Å². The van der Waals surface area contributed by atoms with E-state index in [9.17, 15) is 9.90 Å². The normalized spacial score (nSPS) is 19.4. The van der Waals surface area contributed by atoms with Crippen LogP contribution in [0.5, 0.6) is 5.75 Å². The Morgan fingerprint density at radius 1 is 0.842 bits per heavy atom. The van der Waals surface area contributed by atoms with E-state index in [0.29, 0.717) is 5.75 Å². The Morgan fingerprint density at radius 3 is 2.32 bits per heavy atom. The number of hydrogen-bond acceptors (Lipinski definition) is 4. The highest BCUT2D eigenvalue weighted by Gasteiger charge is 2.40. The highest BCUT2D eigenvalue weighted by Crippen LogP contribution is 2.43. The molecule has 1 spiro atoms. The van der Waals surface area contributed by atoms with Crippen molar-refractivity contribution in [1.29, 1.82) is 0 Å². The SMILES string of the molecule is O=C(O)CN1CCC2(CCN(c3ccc(C4=C(c5ccccc5)CCCc5cc(O)ccc54)cc3)CC2)C1. The van der Waals surface area contributed by atoms with E-state index in [4.69, 9.17) is 5.11 Å². The van der Waals surface area contributed by atoms with Crippen molar-refractivity contribution in [3.8, 4) is 5.75 Å². The minimum absolute atomic E-state index is 0.163. The molecule has 38 heavy (non-hydrogen) atoms. The van der Waals surface area contributed by atoms with Gasteiger partial charge in [0.05, 0.1) is 6.54 Å². The van der Waals surface area contributed by atoms with E-state index in [0.717, 1.165) is 64.7 Å². The number of carboxylic acid groups (broad SMARTS) is 1. The maximum Gasteiger partial charge on any atom is 0.317 e. The Kier molecular flexibility index (Phi) is 6.71. The van der Waals surface area contributed by atoms with Gasteiger partial charge in [-0.2, -0.15) is 0 Å². The van der Waals surface area contributed by atoms with Crippen LogP contribution in [-0.2, 0) is 11.2 Å². The van der Waals surface area contributed by atoms with Crippen molar-refractivity contribution < 1.29 is 15.0 Å². The number of rotatable bonds is 5. The number of aromatic hydroxyl groups is 1. The van der Waals surface area contributed by atoms with Gasteiger partial charge in [-0.25, -0.2) is 0 Å². The van der Waals surface area contributed by atoms with Gasteiger partial charge in [0.2, 0.25) is 0 Å². The first-order chi connectivity index (χ1) is 18.5. The number of phenols is 1. The molecule has 0 atom stereocenters. The average molecular weight is 509 g/mol. The predicted molar refractivity (Wildman–Crippen MR) is 152 cm³/mol. The minimum atomic E-state index is -0.724. The van der Waals surface area contributed by atoms with Crippen LogP contribution in [0.4, 0.5) is 5.69 Å². The van der Waals surface area contributed by atoms with E-state index in [-0.39, 0.29) is 12.0 Å². The molecule has 3 aromatic carbocycles. The van der Waals surface area contributed by atoms with E-state index in [1.165, 1.54) is 39.1 Å². The number of carbonyl (C=O) groups is 1. The number of aliphatic carboxylic acids is 1. The second-order valence-corrected chi connectivity index (χ2v) is 11.3. The molecule has 3 aromatic rings. The molecule has 3 aliphatic rings. The van der Waals surface area contributed by atoms with Crippen molar-refractivity contribution in [2.75, 3.05) is 37.6 Å². The minimum Gasteiger partial charge on any atom is -0.508 e. The van der Waals surface area contributed by atoms with E-state index in [1.54, 1.807) is 0 Å². The van der Waals surface area contributed by atoms with Crippen molar-refractivity contribution in [2.24, 2.45) is 5.41 Å². The molecule has 5 heteroatoms. The summed E-state index contributed by atoms with van der Waals surface area (Å²) in [7, 11) is 0. The number of piperidine rings is 1. The fourth-order valence-electron chi connectivity index (χ4n) is 6.87. The molecule has 0 radical (unpaired) electrons. The number of carboxylic acids is 1. The summed E-state index contributed by atoms with van der Waals surface area (Å²) in [6.07, 6.45) is 6.36. The summed E-state index contributed by atoms with van der Waals surface area (Å²) in [6.45, 7) is 4.01. The maximum absolute atomic E-state index is 11.1. The molecule has 6 rings (SSSR count). The molecule has 0 aromatic heterocycles. The molecule has 1 aliphatic carbocycles. The quantitative estimate of drug-likeness (QED) is 0.438. The number of aryl methyl sites for hydroxylation is 1. The Morgan fingerprint density at radius 2 is 1.58 bits per heavy atom. The third-order valence-corrected chi connectivity index (χ3v) is 8.88. The van der Waals surface area contributed by atoms with Crippen LogP contribution in [0.25, 0.3) is 11.1 Å². The molecule has 2 fully saturated rings. The molecule has 0 saturated carbocycles. The predicted octanol–water partition coefficient (Wildman–Crippen LogP) is 6.06. The van der Waals surface area contributed by atoms with Crippen molar-refractivity contribution in [2.45, 2.75) is 38.5 Å². The Bertz CT molecular complexity index is 1340. The van der Waals surface area contributed by atoms with E-state index in [2.05, 4.69) is 70.5 Å². The fraction of sp³-hybridized carbons (Fsp3) is 0.364. The topological polar surface area (TPSA) is 64.0 Å². The van der Waals surface area contributed by atoms with Crippen LogP contribution in [0.1, 0.15) is 54.4 Å². The average Bonchev–Trinajstić information content (AvgIpc) is 3.20. The van der Waals surface area contributed by atoms with Crippen LogP contribution in [0.15, 0.2) is 72.8 Å². The van der Waals surface area contributed by atoms with E-state index >= 15 is 0 Å². The lowest BCUT2D eigenvalue weighted by molar-refractivity contribution is -0.138. The first kappa shape index (κ1) is 24.7. The lowest BCUT2D eigenvalue weighted by Gasteiger charge is -2.40. The molecule has 2 aliphatic heterocycles. The van der Waals surface area contributed by atoms with Gasteiger partial charge in [0.15, 0.2) is 0 Å². The fourth-order valence-corrected chi connectivity index (χ4v) is 6.87.